The summed E-state index contributed by atoms with van der Waals surface area (Å²) in [4.78, 5) is 12.3. The Morgan fingerprint density at radius 1 is 1.10 bits per heavy atom. The van der Waals surface area contributed by atoms with Gasteiger partial charge in [0, 0.05) is 10.6 Å². The highest BCUT2D eigenvalue weighted by Gasteiger charge is 2.33. The molecule has 102 valence electrons. The lowest BCUT2D eigenvalue weighted by molar-refractivity contribution is 0.0931. The van der Waals surface area contributed by atoms with Crippen LogP contribution in [-0.4, -0.2) is 5.91 Å². The van der Waals surface area contributed by atoms with Gasteiger partial charge in [0.15, 0.2) is 0 Å². The van der Waals surface area contributed by atoms with Crippen molar-refractivity contribution >= 4 is 17.5 Å². The summed E-state index contributed by atoms with van der Waals surface area (Å²) in [7, 11) is 0. The summed E-state index contributed by atoms with van der Waals surface area (Å²) in [6.07, 6.45) is 2.35. The maximum atomic E-state index is 12.3. The SMILES string of the molecule is O=C(N[C@H](c1ccccc1)C1CC1)c1cccc(Cl)c1. The number of hydrogen-bond donors (Lipinski definition) is 1. The van der Waals surface area contributed by atoms with Crippen molar-refractivity contribution in [2.75, 3.05) is 0 Å². The van der Waals surface area contributed by atoms with Gasteiger partial charge < -0.3 is 5.32 Å². The van der Waals surface area contributed by atoms with Crippen LogP contribution < -0.4 is 5.32 Å². The molecule has 0 aliphatic heterocycles. The third kappa shape index (κ3) is 3.02. The van der Waals surface area contributed by atoms with E-state index in [1.54, 1.807) is 24.3 Å². The van der Waals surface area contributed by atoms with Crippen LogP contribution in [0.1, 0.15) is 34.8 Å². The lowest BCUT2D eigenvalue weighted by atomic mass is 10.0. The fourth-order valence-corrected chi connectivity index (χ4v) is 2.61. The van der Waals surface area contributed by atoms with Gasteiger partial charge in [0.25, 0.3) is 5.91 Å². The molecule has 3 heteroatoms. The van der Waals surface area contributed by atoms with Gasteiger partial charge in [-0.25, -0.2) is 0 Å². The van der Waals surface area contributed by atoms with Crippen molar-refractivity contribution in [3.05, 3.63) is 70.7 Å². The molecular weight excluding hydrogens is 270 g/mol. The van der Waals surface area contributed by atoms with E-state index in [4.69, 9.17) is 11.6 Å². The molecule has 2 nitrogen and oxygen atoms in total. The van der Waals surface area contributed by atoms with Gasteiger partial charge in [-0.3, -0.25) is 4.79 Å². The molecule has 0 unspecified atom stereocenters. The Labute approximate surface area is 123 Å². The Morgan fingerprint density at radius 3 is 2.50 bits per heavy atom. The largest absolute Gasteiger partial charge is 0.345 e. The van der Waals surface area contributed by atoms with E-state index in [1.807, 2.05) is 18.2 Å². The van der Waals surface area contributed by atoms with E-state index in [0.29, 0.717) is 16.5 Å². The van der Waals surface area contributed by atoms with Crippen LogP contribution in [0.4, 0.5) is 0 Å². The first-order valence-corrected chi connectivity index (χ1v) is 7.23. The van der Waals surface area contributed by atoms with Crippen LogP contribution in [0, 0.1) is 5.92 Å². The highest BCUT2D eigenvalue weighted by atomic mass is 35.5. The summed E-state index contributed by atoms with van der Waals surface area (Å²) in [6.45, 7) is 0. The van der Waals surface area contributed by atoms with Crippen LogP contribution in [0.5, 0.6) is 0 Å². The molecular formula is C17H16ClNO. The molecule has 0 aromatic heterocycles. The van der Waals surface area contributed by atoms with Gasteiger partial charge in [-0.1, -0.05) is 48.0 Å². The van der Waals surface area contributed by atoms with Crippen molar-refractivity contribution in [2.45, 2.75) is 18.9 Å². The standard InChI is InChI=1S/C17H16ClNO/c18-15-8-4-7-14(11-15)17(20)19-16(13-9-10-13)12-5-2-1-3-6-12/h1-8,11,13,16H,9-10H2,(H,19,20)/t16-/m1/s1. The molecule has 0 spiro atoms. The van der Waals surface area contributed by atoms with Crippen molar-refractivity contribution in [1.29, 1.82) is 0 Å². The minimum atomic E-state index is -0.0618. The van der Waals surface area contributed by atoms with E-state index in [-0.39, 0.29) is 11.9 Å². The molecule has 1 saturated carbocycles. The number of hydrogen-bond acceptors (Lipinski definition) is 1. The predicted molar refractivity (Wildman–Crippen MR) is 80.8 cm³/mol. The van der Waals surface area contributed by atoms with Crippen molar-refractivity contribution < 1.29 is 4.79 Å². The summed E-state index contributed by atoms with van der Waals surface area (Å²) < 4.78 is 0. The Morgan fingerprint density at radius 2 is 1.85 bits per heavy atom. The smallest absolute Gasteiger partial charge is 0.251 e. The van der Waals surface area contributed by atoms with Gasteiger partial charge in [0.2, 0.25) is 0 Å². The molecule has 0 bridgehead atoms. The number of nitrogens with one attached hydrogen (secondary N) is 1. The van der Waals surface area contributed by atoms with Crippen LogP contribution in [0.15, 0.2) is 54.6 Å². The van der Waals surface area contributed by atoms with E-state index in [1.165, 1.54) is 18.4 Å². The van der Waals surface area contributed by atoms with Gasteiger partial charge >= 0.3 is 0 Å². The zero-order chi connectivity index (χ0) is 13.9. The van der Waals surface area contributed by atoms with Gasteiger partial charge in [-0.15, -0.1) is 0 Å². The summed E-state index contributed by atoms with van der Waals surface area (Å²) in [5, 5.41) is 3.72. The van der Waals surface area contributed by atoms with E-state index in [9.17, 15) is 4.79 Å². The van der Waals surface area contributed by atoms with Crippen LogP contribution >= 0.6 is 11.6 Å². The monoisotopic (exact) mass is 285 g/mol. The molecule has 1 N–H and O–H groups in total. The zero-order valence-electron chi connectivity index (χ0n) is 11.1. The Kier molecular flexibility index (Phi) is 3.75. The highest BCUT2D eigenvalue weighted by molar-refractivity contribution is 6.30. The number of rotatable bonds is 4. The fourth-order valence-electron chi connectivity index (χ4n) is 2.42. The maximum Gasteiger partial charge on any atom is 0.251 e. The second-order valence-corrected chi connectivity index (χ2v) is 5.65. The first-order valence-electron chi connectivity index (χ1n) is 6.85. The Bertz CT molecular complexity index is 607. The maximum absolute atomic E-state index is 12.3. The normalized spacial score (nSPS) is 15.7. The first kappa shape index (κ1) is 13.2. The topological polar surface area (TPSA) is 29.1 Å². The summed E-state index contributed by atoms with van der Waals surface area (Å²) in [6, 6.07) is 17.3. The highest BCUT2D eigenvalue weighted by Crippen LogP contribution is 2.41. The quantitative estimate of drug-likeness (QED) is 0.895. The van der Waals surface area contributed by atoms with Gasteiger partial charge in [-0.05, 0) is 42.5 Å². The van der Waals surface area contributed by atoms with E-state index >= 15 is 0 Å². The van der Waals surface area contributed by atoms with Crippen molar-refractivity contribution in [1.82, 2.24) is 5.32 Å². The molecule has 0 heterocycles. The van der Waals surface area contributed by atoms with E-state index < -0.39 is 0 Å². The minimum Gasteiger partial charge on any atom is -0.345 e. The molecule has 1 aliphatic rings. The molecule has 2 aromatic rings. The third-order valence-corrected chi connectivity index (χ3v) is 3.86. The summed E-state index contributed by atoms with van der Waals surface area (Å²) in [5.74, 6) is 0.494. The number of carbonyl (C=O) groups is 1. The van der Waals surface area contributed by atoms with E-state index in [0.717, 1.165) is 0 Å². The molecule has 1 amide bonds. The van der Waals surface area contributed by atoms with Gasteiger partial charge in [-0.2, -0.15) is 0 Å². The number of benzene rings is 2. The third-order valence-electron chi connectivity index (χ3n) is 3.63. The number of carbonyl (C=O) groups excluding carboxylic acids is 1. The average molecular weight is 286 g/mol. The lowest BCUT2D eigenvalue weighted by Gasteiger charge is -2.19. The summed E-state index contributed by atoms with van der Waals surface area (Å²) in [5.41, 5.74) is 1.78. The van der Waals surface area contributed by atoms with Crippen LogP contribution in [-0.2, 0) is 0 Å². The molecule has 1 aliphatic carbocycles. The van der Waals surface area contributed by atoms with E-state index in [2.05, 4.69) is 17.4 Å². The Balaban J connectivity index is 1.79. The fraction of sp³-hybridized carbons (Fsp3) is 0.235. The molecule has 0 saturated heterocycles. The van der Waals surface area contributed by atoms with Gasteiger partial charge in [0.1, 0.15) is 0 Å². The first-order chi connectivity index (χ1) is 9.74. The molecule has 20 heavy (non-hydrogen) atoms. The number of halogens is 1. The van der Waals surface area contributed by atoms with Crippen molar-refractivity contribution in [3.63, 3.8) is 0 Å². The number of amides is 1. The van der Waals surface area contributed by atoms with Crippen LogP contribution in [0.2, 0.25) is 5.02 Å². The molecule has 1 fully saturated rings. The lowest BCUT2D eigenvalue weighted by Crippen LogP contribution is -2.29. The van der Waals surface area contributed by atoms with Crippen molar-refractivity contribution in [3.8, 4) is 0 Å². The molecule has 3 rings (SSSR count). The summed E-state index contributed by atoms with van der Waals surface area (Å²) >= 11 is 5.94. The second kappa shape index (κ2) is 5.68. The van der Waals surface area contributed by atoms with Crippen LogP contribution in [0.3, 0.4) is 0 Å². The predicted octanol–water partition coefficient (Wildman–Crippen LogP) is 4.22. The van der Waals surface area contributed by atoms with Crippen LogP contribution in [0.25, 0.3) is 0 Å². The minimum absolute atomic E-state index is 0.0618. The second-order valence-electron chi connectivity index (χ2n) is 5.21. The Hall–Kier alpha value is -1.80. The zero-order valence-corrected chi connectivity index (χ0v) is 11.8. The van der Waals surface area contributed by atoms with Gasteiger partial charge in [0.05, 0.1) is 6.04 Å². The molecule has 1 atom stereocenters. The average Bonchev–Trinajstić information content (AvgIpc) is 3.30. The molecule has 2 aromatic carbocycles. The van der Waals surface area contributed by atoms with Crippen molar-refractivity contribution in [2.24, 2.45) is 5.92 Å². The molecule has 0 radical (unpaired) electrons.